The molecule has 5 nitrogen and oxygen atoms in total. The standard InChI is InChI=1S/C14H18F3N3O2/c15-14(16,17)9-20-5-1-2-11(8-20)13(22)19-7-10-3-4-12(21)18-6-10/h3-4,6,11H,1-2,5,7-9H2,(H,18,21)(H,19,22). The van der Waals surface area contributed by atoms with Crippen molar-refractivity contribution in [1.29, 1.82) is 0 Å². The van der Waals surface area contributed by atoms with Crippen molar-refractivity contribution in [1.82, 2.24) is 15.2 Å². The van der Waals surface area contributed by atoms with Crippen molar-refractivity contribution in [2.75, 3.05) is 19.6 Å². The van der Waals surface area contributed by atoms with E-state index >= 15 is 0 Å². The van der Waals surface area contributed by atoms with Crippen LogP contribution in [-0.4, -0.2) is 41.6 Å². The quantitative estimate of drug-likeness (QED) is 0.879. The summed E-state index contributed by atoms with van der Waals surface area (Å²) in [4.78, 5) is 26.7. The SMILES string of the molecule is O=C(NCc1ccc(=O)[nH]c1)C1CCCN(CC(F)(F)F)C1. The third-order valence-corrected chi connectivity index (χ3v) is 3.59. The molecule has 2 heterocycles. The monoisotopic (exact) mass is 317 g/mol. The van der Waals surface area contributed by atoms with Crippen LogP contribution in [0.5, 0.6) is 0 Å². The van der Waals surface area contributed by atoms with Gasteiger partial charge in [-0.05, 0) is 24.9 Å². The van der Waals surface area contributed by atoms with E-state index in [1.165, 1.54) is 17.2 Å². The summed E-state index contributed by atoms with van der Waals surface area (Å²) in [5.41, 5.74) is 0.501. The fourth-order valence-electron chi connectivity index (χ4n) is 2.55. The Kier molecular flexibility index (Phi) is 5.23. The molecule has 1 amide bonds. The van der Waals surface area contributed by atoms with Crippen LogP contribution in [0, 0.1) is 5.92 Å². The second-order valence-corrected chi connectivity index (χ2v) is 5.47. The molecule has 0 aliphatic carbocycles. The van der Waals surface area contributed by atoms with Gasteiger partial charge in [0.05, 0.1) is 12.5 Å². The smallest absolute Gasteiger partial charge is 0.352 e. The number of amides is 1. The molecule has 1 fully saturated rings. The number of pyridine rings is 1. The first-order valence-electron chi connectivity index (χ1n) is 7.08. The maximum atomic E-state index is 12.4. The zero-order chi connectivity index (χ0) is 16.2. The molecule has 1 aromatic heterocycles. The number of aromatic amines is 1. The summed E-state index contributed by atoms with van der Waals surface area (Å²) in [6.07, 6.45) is -1.58. The highest BCUT2D eigenvalue weighted by Crippen LogP contribution is 2.22. The molecular formula is C14H18F3N3O2. The molecule has 0 radical (unpaired) electrons. The minimum absolute atomic E-state index is 0.122. The highest BCUT2D eigenvalue weighted by atomic mass is 19.4. The van der Waals surface area contributed by atoms with Crippen LogP contribution in [0.3, 0.4) is 0 Å². The minimum atomic E-state index is -4.24. The van der Waals surface area contributed by atoms with Crippen LogP contribution in [0.4, 0.5) is 13.2 Å². The molecule has 0 saturated carbocycles. The third kappa shape index (κ3) is 5.18. The Bertz CT molecular complexity index is 551. The molecule has 1 unspecified atom stereocenters. The number of halogens is 3. The van der Waals surface area contributed by atoms with Crippen LogP contribution in [0.2, 0.25) is 0 Å². The highest BCUT2D eigenvalue weighted by Gasteiger charge is 2.34. The number of carbonyl (C=O) groups is 1. The van der Waals surface area contributed by atoms with Gasteiger partial charge in [-0.2, -0.15) is 13.2 Å². The first-order chi connectivity index (χ1) is 10.3. The average molecular weight is 317 g/mol. The van der Waals surface area contributed by atoms with Gasteiger partial charge >= 0.3 is 6.18 Å². The molecule has 1 aliphatic heterocycles. The molecule has 0 bridgehead atoms. The van der Waals surface area contributed by atoms with Gasteiger partial charge in [0.25, 0.3) is 0 Å². The first kappa shape index (κ1) is 16.5. The van der Waals surface area contributed by atoms with E-state index in [-0.39, 0.29) is 24.6 Å². The third-order valence-electron chi connectivity index (χ3n) is 3.59. The van der Waals surface area contributed by atoms with Crippen molar-refractivity contribution >= 4 is 5.91 Å². The lowest BCUT2D eigenvalue weighted by atomic mass is 9.97. The lowest BCUT2D eigenvalue weighted by Gasteiger charge is -2.32. The lowest BCUT2D eigenvalue weighted by molar-refractivity contribution is -0.152. The Hall–Kier alpha value is -1.83. The van der Waals surface area contributed by atoms with Gasteiger partial charge in [-0.15, -0.1) is 0 Å². The number of aromatic nitrogens is 1. The van der Waals surface area contributed by atoms with Crippen LogP contribution in [0.1, 0.15) is 18.4 Å². The van der Waals surface area contributed by atoms with Gasteiger partial charge < -0.3 is 10.3 Å². The molecule has 1 atom stereocenters. The summed E-state index contributed by atoms with van der Waals surface area (Å²) in [5.74, 6) is -0.683. The number of nitrogens with zero attached hydrogens (tertiary/aromatic N) is 1. The summed E-state index contributed by atoms with van der Waals surface area (Å²) < 4.78 is 37.2. The predicted octanol–water partition coefficient (Wildman–Crippen LogP) is 1.27. The van der Waals surface area contributed by atoms with E-state index in [1.54, 1.807) is 6.07 Å². The van der Waals surface area contributed by atoms with Crippen LogP contribution in [0.15, 0.2) is 23.1 Å². The molecule has 22 heavy (non-hydrogen) atoms. The number of rotatable bonds is 4. The van der Waals surface area contributed by atoms with Gasteiger partial charge in [0.1, 0.15) is 0 Å². The van der Waals surface area contributed by atoms with Gasteiger partial charge in [-0.25, -0.2) is 0 Å². The number of carbonyl (C=O) groups excluding carboxylic acids is 1. The Balaban J connectivity index is 1.84. The number of hydrogen-bond acceptors (Lipinski definition) is 3. The fraction of sp³-hybridized carbons (Fsp3) is 0.571. The van der Waals surface area contributed by atoms with E-state index in [0.29, 0.717) is 19.4 Å². The number of hydrogen-bond donors (Lipinski definition) is 2. The van der Waals surface area contributed by atoms with Gasteiger partial charge in [0.2, 0.25) is 11.5 Å². The maximum absolute atomic E-state index is 12.4. The Morgan fingerprint density at radius 2 is 2.18 bits per heavy atom. The summed E-state index contributed by atoms with van der Waals surface area (Å²) >= 11 is 0. The molecule has 1 aromatic rings. The van der Waals surface area contributed by atoms with Crippen molar-refractivity contribution in [3.63, 3.8) is 0 Å². The fourth-order valence-corrected chi connectivity index (χ4v) is 2.55. The van der Waals surface area contributed by atoms with Crippen LogP contribution in [-0.2, 0) is 11.3 Å². The summed E-state index contributed by atoms with van der Waals surface area (Å²) in [6.45, 7) is -0.248. The normalized spacial score (nSPS) is 19.9. The molecule has 8 heteroatoms. The molecular weight excluding hydrogens is 299 g/mol. The molecule has 1 saturated heterocycles. The van der Waals surface area contributed by atoms with Gasteiger partial charge in [-0.3, -0.25) is 14.5 Å². The number of alkyl halides is 3. The lowest BCUT2D eigenvalue weighted by Crippen LogP contribution is -2.45. The Labute approximate surface area is 125 Å². The van der Waals surface area contributed by atoms with E-state index in [4.69, 9.17) is 0 Å². The summed E-state index contributed by atoms with van der Waals surface area (Å²) in [7, 11) is 0. The van der Waals surface area contributed by atoms with E-state index in [9.17, 15) is 22.8 Å². The molecule has 2 rings (SSSR count). The topological polar surface area (TPSA) is 65.2 Å². The first-order valence-corrected chi connectivity index (χ1v) is 7.08. The van der Waals surface area contributed by atoms with Crippen LogP contribution in [0.25, 0.3) is 0 Å². The van der Waals surface area contributed by atoms with Crippen molar-refractivity contribution in [2.24, 2.45) is 5.92 Å². The molecule has 0 spiro atoms. The average Bonchev–Trinajstić information content (AvgIpc) is 2.45. The predicted molar refractivity (Wildman–Crippen MR) is 74.1 cm³/mol. The van der Waals surface area contributed by atoms with Gasteiger partial charge in [0.15, 0.2) is 0 Å². The van der Waals surface area contributed by atoms with Crippen molar-refractivity contribution in [3.05, 3.63) is 34.2 Å². The van der Waals surface area contributed by atoms with Crippen molar-refractivity contribution < 1.29 is 18.0 Å². The van der Waals surface area contributed by atoms with Crippen molar-refractivity contribution in [3.8, 4) is 0 Å². The van der Waals surface area contributed by atoms with Crippen LogP contribution >= 0.6 is 0 Å². The van der Waals surface area contributed by atoms with Gasteiger partial charge in [0, 0.05) is 25.4 Å². The summed E-state index contributed by atoms with van der Waals surface area (Å²) in [6, 6.07) is 2.95. The minimum Gasteiger partial charge on any atom is -0.352 e. The second-order valence-electron chi connectivity index (χ2n) is 5.47. The second kappa shape index (κ2) is 6.95. The van der Waals surface area contributed by atoms with E-state index in [0.717, 1.165) is 5.56 Å². The molecule has 0 aromatic carbocycles. The van der Waals surface area contributed by atoms with Gasteiger partial charge in [-0.1, -0.05) is 6.07 Å². The zero-order valence-corrected chi connectivity index (χ0v) is 11.9. The highest BCUT2D eigenvalue weighted by molar-refractivity contribution is 5.78. The van der Waals surface area contributed by atoms with E-state index in [1.807, 2.05) is 0 Å². The van der Waals surface area contributed by atoms with Crippen LogP contribution < -0.4 is 10.9 Å². The number of likely N-dealkylation sites (tertiary alicyclic amines) is 1. The molecule has 2 N–H and O–H groups in total. The zero-order valence-electron chi connectivity index (χ0n) is 11.9. The van der Waals surface area contributed by atoms with Crippen molar-refractivity contribution in [2.45, 2.75) is 25.6 Å². The Morgan fingerprint density at radius 3 is 2.82 bits per heavy atom. The Morgan fingerprint density at radius 1 is 1.41 bits per heavy atom. The molecule has 1 aliphatic rings. The maximum Gasteiger partial charge on any atom is 0.401 e. The largest absolute Gasteiger partial charge is 0.401 e. The van der Waals surface area contributed by atoms with E-state index in [2.05, 4.69) is 10.3 Å². The summed E-state index contributed by atoms with van der Waals surface area (Å²) in [5, 5.41) is 2.70. The number of nitrogens with one attached hydrogen (secondary N) is 2. The molecule has 122 valence electrons. The number of piperidine rings is 1. The number of H-pyrrole nitrogens is 1. The van der Waals surface area contributed by atoms with E-state index < -0.39 is 18.6 Å².